The van der Waals surface area contributed by atoms with Gasteiger partial charge in [-0.25, -0.2) is 4.99 Å². The monoisotopic (exact) mass is 319 g/mol. The second kappa shape index (κ2) is 4.51. The van der Waals surface area contributed by atoms with E-state index in [2.05, 4.69) is 36.2 Å². The number of hydrogen-bond donors (Lipinski definition) is 3. The molecule has 0 unspecified atom stereocenters. The fourth-order valence-electron chi connectivity index (χ4n) is 1.87. The van der Waals surface area contributed by atoms with Gasteiger partial charge in [0.1, 0.15) is 5.69 Å². The maximum absolute atomic E-state index is 11.7. The van der Waals surface area contributed by atoms with Crippen LogP contribution in [0.15, 0.2) is 38.5 Å². The van der Waals surface area contributed by atoms with Crippen molar-refractivity contribution in [2.75, 3.05) is 17.6 Å². The number of benzene rings is 1. The van der Waals surface area contributed by atoms with Crippen molar-refractivity contribution in [2.24, 2.45) is 4.99 Å². The van der Waals surface area contributed by atoms with Crippen LogP contribution in [0.1, 0.15) is 5.56 Å². The molecule has 96 valence electrons. The van der Waals surface area contributed by atoms with Crippen molar-refractivity contribution in [1.29, 1.82) is 0 Å². The standard InChI is InChI=1S/C12H10BrN5O/c13-7-3-1-6(2-4-7)8-5-15-9-10(16-8)17-12(14)18-11(9)19/h1-4,15H,5H2,(H3,14,17,18,19). The van der Waals surface area contributed by atoms with Crippen molar-refractivity contribution in [1.82, 2.24) is 9.97 Å². The lowest BCUT2D eigenvalue weighted by molar-refractivity contribution is 1.09. The van der Waals surface area contributed by atoms with Crippen molar-refractivity contribution >= 4 is 39.1 Å². The first-order valence-electron chi connectivity index (χ1n) is 5.60. The molecule has 0 saturated carbocycles. The van der Waals surface area contributed by atoms with E-state index in [0.717, 1.165) is 15.7 Å². The molecule has 2 heterocycles. The summed E-state index contributed by atoms with van der Waals surface area (Å²) in [7, 11) is 0. The molecule has 0 atom stereocenters. The largest absolute Gasteiger partial charge is 0.372 e. The number of aromatic amines is 1. The van der Waals surface area contributed by atoms with Crippen LogP contribution in [0.25, 0.3) is 0 Å². The van der Waals surface area contributed by atoms with Crippen LogP contribution in [0.5, 0.6) is 0 Å². The van der Waals surface area contributed by atoms with Gasteiger partial charge in [0, 0.05) is 4.47 Å². The Morgan fingerprint density at radius 2 is 2.00 bits per heavy atom. The molecule has 0 spiro atoms. The van der Waals surface area contributed by atoms with E-state index in [1.165, 1.54) is 0 Å². The van der Waals surface area contributed by atoms with E-state index in [1.807, 2.05) is 24.3 Å². The Kier molecular flexibility index (Phi) is 2.83. The lowest BCUT2D eigenvalue weighted by atomic mass is 10.1. The highest BCUT2D eigenvalue weighted by molar-refractivity contribution is 9.10. The van der Waals surface area contributed by atoms with Gasteiger partial charge in [0.05, 0.1) is 12.3 Å². The van der Waals surface area contributed by atoms with E-state index < -0.39 is 0 Å². The summed E-state index contributed by atoms with van der Waals surface area (Å²) in [5, 5.41) is 3.02. The fourth-order valence-corrected chi connectivity index (χ4v) is 2.13. The second-order valence-corrected chi connectivity index (χ2v) is 4.98. The summed E-state index contributed by atoms with van der Waals surface area (Å²) in [6, 6.07) is 7.78. The van der Waals surface area contributed by atoms with Gasteiger partial charge in [-0.2, -0.15) is 4.98 Å². The number of nitrogens with one attached hydrogen (secondary N) is 2. The average molecular weight is 320 g/mol. The van der Waals surface area contributed by atoms with Crippen molar-refractivity contribution in [3.63, 3.8) is 0 Å². The predicted octanol–water partition coefficient (Wildman–Crippen LogP) is 1.66. The molecule has 4 N–H and O–H groups in total. The first kappa shape index (κ1) is 11.9. The van der Waals surface area contributed by atoms with Crippen LogP contribution in [-0.4, -0.2) is 22.2 Å². The molecule has 19 heavy (non-hydrogen) atoms. The molecule has 0 saturated heterocycles. The Morgan fingerprint density at radius 3 is 2.74 bits per heavy atom. The number of hydrogen-bond acceptors (Lipinski definition) is 5. The van der Waals surface area contributed by atoms with E-state index in [1.54, 1.807) is 0 Å². The highest BCUT2D eigenvalue weighted by atomic mass is 79.9. The Hall–Kier alpha value is -2.15. The topological polar surface area (TPSA) is 96.2 Å². The minimum absolute atomic E-state index is 0.0614. The Morgan fingerprint density at radius 1 is 1.26 bits per heavy atom. The maximum Gasteiger partial charge on any atom is 0.277 e. The van der Waals surface area contributed by atoms with Gasteiger partial charge in [0.25, 0.3) is 5.56 Å². The van der Waals surface area contributed by atoms with E-state index >= 15 is 0 Å². The molecule has 0 amide bonds. The quantitative estimate of drug-likeness (QED) is 0.744. The van der Waals surface area contributed by atoms with E-state index in [4.69, 9.17) is 5.73 Å². The van der Waals surface area contributed by atoms with Crippen LogP contribution >= 0.6 is 15.9 Å². The van der Waals surface area contributed by atoms with Gasteiger partial charge in [0.2, 0.25) is 5.95 Å². The van der Waals surface area contributed by atoms with Crippen molar-refractivity contribution in [3.8, 4) is 0 Å². The number of rotatable bonds is 1. The molecule has 0 aliphatic carbocycles. The molecule has 1 aromatic carbocycles. The second-order valence-electron chi connectivity index (χ2n) is 4.07. The van der Waals surface area contributed by atoms with Gasteiger partial charge in [-0.3, -0.25) is 9.78 Å². The van der Waals surface area contributed by atoms with Gasteiger partial charge in [-0.05, 0) is 17.7 Å². The number of nitrogen functional groups attached to an aromatic ring is 1. The number of aliphatic imine (C=N–C) groups is 1. The summed E-state index contributed by atoms with van der Waals surface area (Å²) >= 11 is 3.38. The summed E-state index contributed by atoms with van der Waals surface area (Å²) in [4.78, 5) is 22.5. The molecular formula is C12H10BrN5O. The lowest BCUT2D eigenvalue weighted by Crippen LogP contribution is -2.25. The summed E-state index contributed by atoms with van der Waals surface area (Å²) < 4.78 is 1.000. The van der Waals surface area contributed by atoms with Crippen LogP contribution in [-0.2, 0) is 0 Å². The van der Waals surface area contributed by atoms with Crippen LogP contribution in [0.2, 0.25) is 0 Å². The number of H-pyrrole nitrogens is 1. The van der Waals surface area contributed by atoms with Gasteiger partial charge in [-0.15, -0.1) is 0 Å². The first-order chi connectivity index (χ1) is 9.13. The van der Waals surface area contributed by atoms with Crippen LogP contribution < -0.4 is 16.6 Å². The maximum atomic E-state index is 11.7. The first-order valence-corrected chi connectivity index (χ1v) is 6.40. The normalized spacial score (nSPS) is 13.4. The Bertz CT molecular complexity index is 720. The minimum Gasteiger partial charge on any atom is -0.372 e. The number of fused-ring (bicyclic) bond motifs is 1. The molecule has 6 nitrogen and oxygen atoms in total. The number of nitrogens with zero attached hydrogens (tertiary/aromatic N) is 2. The van der Waals surface area contributed by atoms with Crippen LogP contribution in [0.4, 0.5) is 17.5 Å². The van der Waals surface area contributed by atoms with Gasteiger partial charge in [0.15, 0.2) is 5.82 Å². The van der Waals surface area contributed by atoms with Crippen LogP contribution in [0, 0.1) is 0 Å². The smallest absolute Gasteiger partial charge is 0.277 e. The van der Waals surface area contributed by atoms with Crippen LogP contribution in [0.3, 0.4) is 0 Å². The third-order valence-electron chi connectivity index (χ3n) is 2.77. The zero-order valence-corrected chi connectivity index (χ0v) is 11.4. The molecule has 1 aliphatic heterocycles. The van der Waals surface area contributed by atoms with Crippen molar-refractivity contribution in [2.45, 2.75) is 0 Å². The molecule has 0 radical (unpaired) electrons. The summed E-state index contributed by atoms with van der Waals surface area (Å²) in [5.74, 6) is 0.386. The summed E-state index contributed by atoms with van der Waals surface area (Å²) in [5.41, 5.74) is 7.36. The minimum atomic E-state index is -0.305. The zero-order chi connectivity index (χ0) is 13.4. The van der Waals surface area contributed by atoms with E-state index in [0.29, 0.717) is 18.1 Å². The molecule has 2 aromatic rings. The number of anilines is 2. The molecule has 1 aliphatic rings. The Labute approximate surface area is 116 Å². The molecular weight excluding hydrogens is 310 g/mol. The predicted molar refractivity (Wildman–Crippen MR) is 78.1 cm³/mol. The molecule has 3 rings (SSSR count). The third kappa shape index (κ3) is 2.24. The fraction of sp³-hybridized carbons (Fsp3) is 0.0833. The third-order valence-corrected chi connectivity index (χ3v) is 3.30. The summed E-state index contributed by atoms with van der Waals surface area (Å²) in [6.45, 7) is 0.476. The molecule has 0 fully saturated rings. The van der Waals surface area contributed by atoms with E-state index in [-0.39, 0.29) is 11.5 Å². The molecule has 1 aromatic heterocycles. The SMILES string of the molecule is Nc1nc2c(c(=O)[nH]1)NCC(c1ccc(Br)cc1)=N2. The lowest BCUT2D eigenvalue weighted by Gasteiger charge is -2.16. The highest BCUT2D eigenvalue weighted by Crippen LogP contribution is 2.24. The number of halogens is 1. The van der Waals surface area contributed by atoms with Gasteiger partial charge < -0.3 is 11.1 Å². The average Bonchev–Trinajstić information content (AvgIpc) is 2.38. The van der Waals surface area contributed by atoms with Gasteiger partial charge in [-0.1, -0.05) is 28.1 Å². The zero-order valence-electron chi connectivity index (χ0n) is 9.77. The molecule has 7 heteroatoms. The Balaban J connectivity index is 2.08. The highest BCUT2D eigenvalue weighted by Gasteiger charge is 2.17. The summed E-state index contributed by atoms with van der Waals surface area (Å²) in [6.07, 6.45) is 0. The van der Waals surface area contributed by atoms with Gasteiger partial charge >= 0.3 is 0 Å². The molecule has 0 bridgehead atoms. The van der Waals surface area contributed by atoms with Crippen molar-refractivity contribution < 1.29 is 0 Å². The van der Waals surface area contributed by atoms with E-state index in [9.17, 15) is 4.79 Å². The number of nitrogens with two attached hydrogens (primary N) is 1. The number of aromatic nitrogens is 2. The van der Waals surface area contributed by atoms with Crippen molar-refractivity contribution in [3.05, 3.63) is 44.7 Å².